The van der Waals surface area contributed by atoms with Crippen LogP contribution in [-0.2, 0) is 60.8 Å². The van der Waals surface area contributed by atoms with E-state index >= 15 is 0 Å². The van der Waals surface area contributed by atoms with E-state index in [-0.39, 0.29) is 30.5 Å². The number of amides is 1. The highest BCUT2D eigenvalue weighted by Gasteiger charge is 2.11. The number of carbonyl (C=O) groups excluding carboxylic acids is 10. The Labute approximate surface area is 489 Å². The predicted octanol–water partition coefficient (Wildman–Crippen LogP) is 9.36. The maximum Gasteiger partial charge on any atom is 0.219 e. The molecule has 1 amide bonds. The Morgan fingerprint density at radius 1 is 0.405 bits per heavy atom. The van der Waals surface area contributed by atoms with E-state index in [1.165, 1.54) is 91.9 Å². The molecule has 1 heterocycles. The van der Waals surface area contributed by atoms with E-state index in [9.17, 15) is 4.79 Å². The zero-order valence-electron chi connectivity index (χ0n) is 55.6. The molecule has 22 N–H and O–H groups in total. The highest BCUT2D eigenvalue weighted by atomic mass is 16.3. The van der Waals surface area contributed by atoms with Crippen molar-refractivity contribution in [3.05, 3.63) is 71.8 Å². The Bertz CT molecular complexity index is 895. The van der Waals surface area contributed by atoms with Gasteiger partial charge in [0.2, 0.25) is 5.91 Å². The second-order valence-corrected chi connectivity index (χ2v) is 12.7. The number of hydrogen-bond donors (Lipinski definition) is 10. The number of benzene rings is 2. The van der Waals surface area contributed by atoms with Crippen LogP contribution in [0.25, 0.3) is 0 Å². The number of aliphatic hydroxyl groups is 1. The lowest BCUT2D eigenvalue weighted by atomic mass is 10.1. The lowest BCUT2D eigenvalue weighted by molar-refractivity contribution is -0.129. The van der Waals surface area contributed by atoms with Crippen molar-refractivity contribution < 1.29 is 53.1 Å². The zero-order valence-corrected chi connectivity index (χ0v) is 55.6. The van der Waals surface area contributed by atoms with Gasteiger partial charge in [-0.25, -0.2) is 0 Å². The monoisotopic (exact) mass is 1150 g/mol. The smallest absolute Gasteiger partial charge is 0.219 e. The number of aryl methyl sites for hydroxylation is 2. The van der Waals surface area contributed by atoms with Crippen LogP contribution in [0.1, 0.15) is 160 Å². The van der Waals surface area contributed by atoms with Gasteiger partial charge in [-0.15, -0.1) is 0 Å². The van der Waals surface area contributed by atoms with E-state index in [4.69, 9.17) is 48.3 Å². The highest BCUT2D eigenvalue weighted by molar-refractivity contribution is 5.73. The van der Waals surface area contributed by atoms with Crippen molar-refractivity contribution in [2.24, 2.45) is 52.2 Å². The summed E-state index contributed by atoms with van der Waals surface area (Å²) in [5, 5.41) is 8.06. The molecule has 3 rings (SSSR count). The largest absolute Gasteiger partial charge is 0.394 e. The molecule has 0 aliphatic carbocycles. The van der Waals surface area contributed by atoms with Gasteiger partial charge in [-0.1, -0.05) is 170 Å². The molecule has 0 bridgehead atoms. The molecule has 1 aliphatic heterocycles. The molecule has 2 aromatic rings. The molecule has 0 atom stereocenters. The maximum absolute atomic E-state index is 10.7. The number of nitrogens with two attached hydrogens (primary N) is 6. The van der Waals surface area contributed by atoms with Gasteiger partial charge in [0.25, 0.3) is 0 Å². The average molecular weight is 1150 g/mol. The van der Waals surface area contributed by atoms with Crippen molar-refractivity contribution in [1.29, 1.82) is 0 Å². The number of aliphatic hydroxyl groups excluding tert-OH is 1. The Balaban J connectivity index is -0.0000000204. The molecule has 0 radical (unpaired) electrons. The van der Waals surface area contributed by atoms with E-state index in [1.807, 2.05) is 92.0 Å². The summed E-state index contributed by atoms with van der Waals surface area (Å²) in [7, 11) is 9.00. The number of hydrogen-bond acceptors (Lipinski definition) is 20. The molecule has 488 valence electrons. The molecule has 0 unspecified atom stereocenters. The van der Waals surface area contributed by atoms with E-state index in [1.54, 1.807) is 20.8 Å². The van der Waals surface area contributed by atoms with Gasteiger partial charge in [0, 0.05) is 26.1 Å². The van der Waals surface area contributed by atoms with Gasteiger partial charge < -0.3 is 106 Å². The van der Waals surface area contributed by atoms with Crippen molar-refractivity contribution in [2.75, 3.05) is 55.4 Å². The fourth-order valence-electron chi connectivity index (χ4n) is 2.64. The van der Waals surface area contributed by atoms with Crippen molar-refractivity contribution in [1.82, 2.24) is 23.4 Å². The van der Waals surface area contributed by atoms with Crippen molar-refractivity contribution in [3.8, 4) is 0 Å². The predicted molar refractivity (Wildman–Crippen MR) is 352 cm³/mol. The molecular formula is C58H140N10O11. The fourth-order valence-corrected chi connectivity index (χ4v) is 2.64. The molecule has 0 saturated carbocycles. The molecule has 0 aromatic heterocycles. The third-order valence-electron chi connectivity index (χ3n) is 6.75. The van der Waals surface area contributed by atoms with Gasteiger partial charge in [0.15, 0.2) is 0 Å². The molecule has 2 aromatic carbocycles. The van der Waals surface area contributed by atoms with Crippen LogP contribution in [0, 0.1) is 17.8 Å². The minimum atomic E-state index is -0.167. The summed E-state index contributed by atoms with van der Waals surface area (Å²) in [6, 6.07) is 20.9. The Kier molecular flexibility index (Phi) is 479. The number of carbonyl (C=O) groups is 10. The van der Waals surface area contributed by atoms with Crippen LogP contribution in [-0.4, -0.2) is 138 Å². The first-order valence-electron chi connectivity index (χ1n) is 24.8. The van der Waals surface area contributed by atoms with Crippen LogP contribution < -0.4 is 52.9 Å². The topological polar surface area (TPSA) is 455 Å². The van der Waals surface area contributed by atoms with Crippen LogP contribution in [0.2, 0.25) is 0 Å². The SMILES string of the molecule is C=O.C=O.C=O.C=O.C=O.C=O.C=O.C=O.C=O.CC.CC(=O)N1CCCCC1.CC(C)O.CCC(C)C.CCC(C)C.CCC(C)C.CCc1ccccc1.CCc1ccccc1.CN.CN.CN.CN.CN.CN.N.N.N. The van der Waals surface area contributed by atoms with Crippen LogP contribution in [0.4, 0.5) is 0 Å². The average Bonchev–Trinajstić information content (AvgIpc) is 3.54. The standard InChI is InChI=1S/2C8H10.C7H13NO.3C5H12.C3H8O.C2H6.6CH5N.9CH2O.3H3N/c2*1-2-8-6-4-3-5-7-8;1-7(9)8-5-3-2-4-6-8;3*1-4-5(2)3;1-3(2)4;16*1-2;;;/h2*3-7H,2H2,1H3;2-6H2,1H3;3*5H,4H2,1-3H3;3-4H,1-2H3;1-2H3;6*2H2,1H3;9*1H2;3*1H3. The number of piperidine rings is 1. The third-order valence-corrected chi connectivity index (χ3v) is 6.75. The third kappa shape index (κ3) is 341. The number of rotatable bonds is 5. The van der Waals surface area contributed by atoms with Gasteiger partial charge >= 0.3 is 0 Å². The Morgan fingerprint density at radius 3 is 0.620 bits per heavy atom. The van der Waals surface area contributed by atoms with Gasteiger partial charge in [-0.3, -0.25) is 4.79 Å². The lowest BCUT2D eigenvalue weighted by Crippen LogP contribution is -2.33. The molecule has 79 heavy (non-hydrogen) atoms. The Morgan fingerprint density at radius 2 is 0.544 bits per heavy atom. The maximum atomic E-state index is 10.7. The molecule has 1 saturated heterocycles. The summed E-state index contributed by atoms with van der Waals surface area (Å²) in [5.41, 5.74) is 29.8. The number of nitrogens with zero attached hydrogens (tertiary/aromatic N) is 1. The first kappa shape index (κ1) is 151. The summed E-state index contributed by atoms with van der Waals surface area (Å²) < 4.78 is 0. The summed E-state index contributed by atoms with van der Waals surface area (Å²) in [5.74, 6) is 2.88. The fraction of sp³-hybridized carbons (Fsp3) is 0.621. The van der Waals surface area contributed by atoms with Crippen molar-refractivity contribution >= 4 is 67.0 Å². The van der Waals surface area contributed by atoms with Gasteiger partial charge in [0.05, 0.1) is 0 Å². The molecular weight excluding hydrogens is 1010 g/mol. The van der Waals surface area contributed by atoms with Crippen LogP contribution in [0.3, 0.4) is 0 Å². The van der Waals surface area contributed by atoms with Gasteiger partial charge in [0.1, 0.15) is 61.1 Å². The molecule has 21 heteroatoms. The van der Waals surface area contributed by atoms with Crippen LogP contribution in [0.5, 0.6) is 0 Å². The first-order valence-corrected chi connectivity index (χ1v) is 24.8. The summed E-state index contributed by atoms with van der Waals surface area (Å²) in [6.07, 6.45) is 9.71. The highest BCUT2D eigenvalue weighted by Crippen LogP contribution is 2.07. The first-order chi connectivity index (χ1) is 36.7. The Hall–Kier alpha value is -5.46. The lowest BCUT2D eigenvalue weighted by Gasteiger charge is -2.24. The van der Waals surface area contributed by atoms with Crippen molar-refractivity contribution in [2.45, 2.75) is 168 Å². The van der Waals surface area contributed by atoms with E-state index < -0.39 is 0 Å². The molecule has 1 fully saturated rings. The normalized spacial score (nSPS) is 7.38. The van der Waals surface area contributed by atoms with E-state index in [0.29, 0.717) is 0 Å². The molecule has 21 nitrogen and oxygen atoms in total. The second kappa shape index (κ2) is 250. The molecule has 1 aliphatic rings. The second-order valence-electron chi connectivity index (χ2n) is 12.7. The molecule has 0 spiro atoms. The zero-order chi connectivity index (χ0) is 66.8. The minimum Gasteiger partial charge on any atom is -0.394 e. The minimum absolute atomic E-state index is 0. The van der Waals surface area contributed by atoms with Crippen molar-refractivity contribution in [3.63, 3.8) is 0 Å². The van der Waals surface area contributed by atoms with E-state index in [0.717, 1.165) is 43.7 Å². The summed E-state index contributed by atoms with van der Waals surface area (Å²) in [4.78, 5) is 84.6. The summed E-state index contributed by atoms with van der Waals surface area (Å²) >= 11 is 0. The van der Waals surface area contributed by atoms with Crippen LogP contribution in [0.15, 0.2) is 60.7 Å². The quantitative estimate of drug-likeness (QED) is 0.133. The summed E-state index contributed by atoms with van der Waals surface area (Å²) in [6.45, 7) is 53.3. The number of likely N-dealkylation sites (tertiary alicyclic amines) is 1. The van der Waals surface area contributed by atoms with Crippen LogP contribution >= 0.6 is 0 Å². The van der Waals surface area contributed by atoms with E-state index in [2.05, 4.69) is 159 Å². The van der Waals surface area contributed by atoms with Gasteiger partial charge in [-0.05, 0) is 117 Å². The van der Waals surface area contributed by atoms with Gasteiger partial charge in [-0.2, -0.15) is 0 Å².